The third kappa shape index (κ3) is 6.38. The first-order chi connectivity index (χ1) is 9.44. The third-order valence-corrected chi connectivity index (χ3v) is 4.34. The van der Waals surface area contributed by atoms with Crippen molar-refractivity contribution in [3.8, 4) is 6.07 Å². The monoisotopic (exact) mass is 280 g/mol. The van der Waals surface area contributed by atoms with E-state index in [1.807, 2.05) is 13.8 Å². The van der Waals surface area contributed by atoms with Gasteiger partial charge in [0.2, 0.25) is 0 Å². The maximum atomic E-state index is 10.9. The number of hydrogen-bond donors (Lipinski definition) is 2. The van der Waals surface area contributed by atoms with Gasteiger partial charge in [0.05, 0.1) is 17.4 Å². The normalized spacial score (nSPS) is 23.2. The number of unbranched alkanes of at least 4 members (excludes halogenated alkanes) is 1. The topological polar surface area (TPSA) is 73.1 Å². The molecule has 0 spiro atoms. The maximum Gasteiger partial charge on any atom is 0.306 e. The highest BCUT2D eigenvalue weighted by Gasteiger charge is 2.25. The molecule has 0 aromatic rings. The molecule has 0 bridgehead atoms. The Labute approximate surface area is 122 Å². The fourth-order valence-corrected chi connectivity index (χ4v) is 2.79. The molecule has 0 radical (unpaired) electrons. The largest absolute Gasteiger partial charge is 0.481 e. The van der Waals surface area contributed by atoms with Crippen molar-refractivity contribution in [2.75, 3.05) is 13.1 Å². The van der Waals surface area contributed by atoms with E-state index in [1.165, 1.54) is 0 Å². The first-order valence-corrected chi connectivity index (χ1v) is 7.79. The van der Waals surface area contributed by atoms with Crippen molar-refractivity contribution in [2.45, 2.75) is 58.8 Å². The Morgan fingerprint density at radius 2 is 1.95 bits per heavy atom. The zero-order valence-corrected chi connectivity index (χ0v) is 12.8. The lowest BCUT2D eigenvalue weighted by atomic mass is 9.82. The molecule has 0 aromatic heterocycles. The van der Waals surface area contributed by atoms with Gasteiger partial charge < -0.3 is 10.4 Å². The minimum absolute atomic E-state index is 0.112. The summed E-state index contributed by atoms with van der Waals surface area (Å²) in [5.41, 5.74) is -0.199. The average molecular weight is 280 g/mol. The zero-order chi connectivity index (χ0) is 15.0. The smallest absolute Gasteiger partial charge is 0.306 e. The number of aliphatic carboxylic acids is 1. The van der Waals surface area contributed by atoms with Crippen molar-refractivity contribution >= 4 is 5.97 Å². The summed E-state index contributed by atoms with van der Waals surface area (Å²) < 4.78 is 0. The summed E-state index contributed by atoms with van der Waals surface area (Å²) in [5, 5.41) is 21.3. The molecule has 0 amide bonds. The van der Waals surface area contributed by atoms with Gasteiger partial charge >= 0.3 is 5.97 Å². The molecule has 114 valence electrons. The van der Waals surface area contributed by atoms with Crippen LogP contribution in [0.15, 0.2) is 0 Å². The zero-order valence-electron chi connectivity index (χ0n) is 12.8. The predicted molar refractivity (Wildman–Crippen MR) is 79.2 cm³/mol. The van der Waals surface area contributed by atoms with Crippen molar-refractivity contribution in [2.24, 2.45) is 17.3 Å². The summed E-state index contributed by atoms with van der Waals surface area (Å²) in [6.07, 6.45) is 6.87. The van der Waals surface area contributed by atoms with Crippen LogP contribution in [0.4, 0.5) is 0 Å². The minimum Gasteiger partial charge on any atom is -0.481 e. The van der Waals surface area contributed by atoms with Crippen LogP contribution in [-0.2, 0) is 4.79 Å². The van der Waals surface area contributed by atoms with Crippen LogP contribution >= 0.6 is 0 Å². The molecule has 20 heavy (non-hydrogen) atoms. The molecular formula is C16H28N2O2. The molecule has 0 unspecified atom stereocenters. The number of hydrogen-bond acceptors (Lipinski definition) is 3. The number of carboxylic acid groups (broad SMARTS) is 1. The summed E-state index contributed by atoms with van der Waals surface area (Å²) in [7, 11) is 0. The van der Waals surface area contributed by atoms with Crippen LogP contribution in [0, 0.1) is 28.6 Å². The van der Waals surface area contributed by atoms with E-state index in [9.17, 15) is 4.79 Å². The van der Waals surface area contributed by atoms with E-state index in [-0.39, 0.29) is 11.3 Å². The average Bonchev–Trinajstić information content (AvgIpc) is 2.43. The van der Waals surface area contributed by atoms with Crippen LogP contribution in [0.1, 0.15) is 58.8 Å². The number of carbonyl (C=O) groups is 1. The molecule has 1 saturated carbocycles. The summed E-state index contributed by atoms with van der Waals surface area (Å²) in [4.78, 5) is 10.9. The number of nitriles is 1. The maximum absolute atomic E-state index is 10.9. The van der Waals surface area contributed by atoms with Crippen molar-refractivity contribution in [3.63, 3.8) is 0 Å². The van der Waals surface area contributed by atoms with E-state index < -0.39 is 5.97 Å². The molecular weight excluding hydrogens is 252 g/mol. The van der Waals surface area contributed by atoms with Crippen LogP contribution in [-0.4, -0.2) is 24.2 Å². The Bertz CT molecular complexity index is 339. The highest BCUT2D eigenvalue weighted by Crippen LogP contribution is 2.28. The number of nitrogens with zero attached hydrogens (tertiary/aromatic N) is 1. The van der Waals surface area contributed by atoms with Crippen molar-refractivity contribution in [1.29, 1.82) is 5.26 Å². The van der Waals surface area contributed by atoms with Gasteiger partial charge in [-0.15, -0.1) is 0 Å². The van der Waals surface area contributed by atoms with Crippen LogP contribution in [0.25, 0.3) is 0 Å². The minimum atomic E-state index is -0.628. The first kappa shape index (κ1) is 17.0. The molecule has 4 heteroatoms. The van der Waals surface area contributed by atoms with E-state index in [2.05, 4.69) is 11.4 Å². The molecule has 0 heterocycles. The predicted octanol–water partition coefficient (Wildman–Crippen LogP) is 3.19. The second-order valence-corrected chi connectivity index (χ2v) is 6.71. The molecule has 1 aliphatic rings. The lowest BCUT2D eigenvalue weighted by Gasteiger charge is -2.26. The molecule has 1 fully saturated rings. The van der Waals surface area contributed by atoms with Gasteiger partial charge in [-0.3, -0.25) is 4.79 Å². The molecule has 0 aromatic carbocycles. The van der Waals surface area contributed by atoms with Crippen LogP contribution in [0.3, 0.4) is 0 Å². The summed E-state index contributed by atoms with van der Waals surface area (Å²) in [5.74, 6) is -0.0999. The van der Waals surface area contributed by atoms with Gasteiger partial charge in [-0.1, -0.05) is 6.42 Å². The van der Waals surface area contributed by atoms with Crippen molar-refractivity contribution in [1.82, 2.24) is 5.32 Å². The Hall–Kier alpha value is -1.08. The second-order valence-electron chi connectivity index (χ2n) is 6.71. The molecule has 1 rings (SSSR count). The standard InChI is InChI=1S/C16H28N2O2/c1-16(2,12-17)9-3-4-10-18-11-13-5-7-14(8-6-13)15(19)20/h13-14,18H,3-11H2,1-2H3,(H,19,20). The van der Waals surface area contributed by atoms with Crippen LogP contribution < -0.4 is 5.32 Å². The highest BCUT2D eigenvalue weighted by atomic mass is 16.4. The molecule has 1 aliphatic carbocycles. The highest BCUT2D eigenvalue weighted by molar-refractivity contribution is 5.69. The number of carboxylic acids is 1. The van der Waals surface area contributed by atoms with Gasteiger partial charge in [0.1, 0.15) is 0 Å². The Morgan fingerprint density at radius 1 is 1.30 bits per heavy atom. The van der Waals surface area contributed by atoms with Crippen molar-refractivity contribution < 1.29 is 9.90 Å². The van der Waals surface area contributed by atoms with Gasteiger partial charge in [0.25, 0.3) is 0 Å². The van der Waals surface area contributed by atoms with E-state index in [0.717, 1.165) is 58.0 Å². The second kappa shape index (κ2) is 8.26. The Balaban J connectivity index is 2.01. The van der Waals surface area contributed by atoms with Gasteiger partial charge in [-0.25, -0.2) is 0 Å². The van der Waals surface area contributed by atoms with Crippen LogP contribution in [0.5, 0.6) is 0 Å². The molecule has 4 nitrogen and oxygen atoms in total. The molecule has 0 saturated heterocycles. The first-order valence-electron chi connectivity index (χ1n) is 7.79. The van der Waals surface area contributed by atoms with E-state index in [4.69, 9.17) is 10.4 Å². The fourth-order valence-electron chi connectivity index (χ4n) is 2.79. The van der Waals surface area contributed by atoms with Crippen molar-refractivity contribution in [3.05, 3.63) is 0 Å². The van der Waals surface area contributed by atoms with E-state index in [1.54, 1.807) is 0 Å². The molecule has 0 aliphatic heterocycles. The Kier molecular flexibility index (Phi) is 7.01. The van der Waals surface area contributed by atoms with E-state index in [0.29, 0.717) is 5.92 Å². The third-order valence-electron chi connectivity index (χ3n) is 4.34. The van der Waals surface area contributed by atoms with Gasteiger partial charge in [-0.05, 0) is 71.4 Å². The lowest BCUT2D eigenvalue weighted by molar-refractivity contribution is -0.143. The number of rotatable bonds is 8. The summed E-state index contributed by atoms with van der Waals surface area (Å²) >= 11 is 0. The van der Waals surface area contributed by atoms with Gasteiger partial charge in [0, 0.05) is 0 Å². The quantitative estimate of drug-likeness (QED) is 0.670. The molecule has 0 atom stereocenters. The summed E-state index contributed by atoms with van der Waals surface area (Å²) in [6.45, 7) is 5.98. The van der Waals surface area contributed by atoms with E-state index >= 15 is 0 Å². The number of nitrogens with one attached hydrogen (secondary N) is 1. The Morgan fingerprint density at radius 3 is 2.50 bits per heavy atom. The van der Waals surface area contributed by atoms with Gasteiger partial charge in [-0.2, -0.15) is 5.26 Å². The fraction of sp³-hybridized carbons (Fsp3) is 0.875. The van der Waals surface area contributed by atoms with Gasteiger partial charge in [0.15, 0.2) is 0 Å². The lowest BCUT2D eigenvalue weighted by Crippen LogP contribution is -2.29. The summed E-state index contributed by atoms with van der Waals surface area (Å²) in [6, 6.07) is 2.33. The SMILES string of the molecule is CC(C)(C#N)CCCCNCC1CCC(C(=O)O)CC1. The van der Waals surface area contributed by atoms with Crippen LogP contribution in [0.2, 0.25) is 0 Å². The molecule has 2 N–H and O–H groups in total.